The van der Waals surface area contributed by atoms with Crippen molar-refractivity contribution in [2.45, 2.75) is 109 Å². The summed E-state index contributed by atoms with van der Waals surface area (Å²) < 4.78 is 11.5. The molecule has 6 nitrogen and oxygen atoms in total. The van der Waals surface area contributed by atoms with Crippen LogP contribution in [0.25, 0.3) is 10.8 Å². The number of thioether (sulfide) groups is 1. The number of benzene rings is 2. The Morgan fingerprint density at radius 1 is 0.795 bits per heavy atom. The van der Waals surface area contributed by atoms with E-state index >= 15 is 0 Å². The minimum absolute atomic E-state index is 0.160. The van der Waals surface area contributed by atoms with Gasteiger partial charge in [0.15, 0.2) is 0 Å². The molecule has 0 aliphatic heterocycles. The van der Waals surface area contributed by atoms with Crippen LogP contribution in [0.15, 0.2) is 47.4 Å². The summed E-state index contributed by atoms with van der Waals surface area (Å²) >= 11 is 1.85. The number of amides is 2. The van der Waals surface area contributed by atoms with Gasteiger partial charge in [-0.25, -0.2) is 9.59 Å². The Balaban J connectivity index is 1.58. The molecule has 0 atom stereocenters. The van der Waals surface area contributed by atoms with Crippen LogP contribution in [0.5, 0.6) is 0 Å². The summed E-state index contributed by atoms with van der Waals surface area (Å²) in [7, 11) is 0. The molecular formula is C32H48N2O4S. The van der Waals surface area contributed by atoms with Crippen molar-refractivity contribution in [1.82, 2.24) is 9.80 Å². The summed E-state index contributed by atoms with van der Waals surface area (Å²) in [5.74, 6) is 0.979. The standard InChI is InChI=1S/C32H48N2O4S/c1-31(2,3)37-29(35)33(20-12-13-23-39-28-19-18-25-14-10-11-15-26(25)24-28)21-22-34(27-16-8-7-9-17-27)30(36)38-32(4,5)6/h10-11,14-15,18-19,24,27H,7-9,12-13,16-17,20-23H2,1-6H3. The lowest BCUT2D eigenvalue weighted by Gasteiger charge is -2.37. The number of unbranched alkanes of at least 4 members (excludes halogenated alkanes) is 1. The van der Waals surface area contributed by atoms with Crippen molar-refractivity contribution >= 4 is 34.7 Å². The van der Waals surface area contributed by atoms with Gasteiger partial charge >= 0.3 is 12.2 Å². The average molecular weight is 557 g/mol. The topological polar surface area (TPSA) is 59.1 Å². The molecule has 0 radical (unpaired) electrons. The predicted octanol–water partition coefficient (Wildman–Crippen LogP) is 8.52. The predicted molar refractivity (Wildman–Crippen MR) is 162 cm³/mol. The van der Waals surface area contributed by atoms with Gasteiger partial charge in [-0.15, -0.1) is 11.8 Å². The third-order valence-corrected chi connectivity index (χ3v) is 7.80. The fourth-order valence-corrected chi connectivity index (χ4v) is 5.80. The monoisotopic (exact) mass is 556 g/mol. The summed E-state index contributed by atoms with van der Waals surface area (Å²) in [5.41, 5.74) is -1.13. The van der Waals surface area contributed by atoms with Crippen molar-refractivity contribution in [3.8, 4) is 0 Å². The van der Waals surface area contributed by atoms with Crippen LogP contribution in [0.4, 0.5) is 9.59 Å². The first kappa shape index (κ1) is 31.1. The molecule has 0 unspecified atom stereocenters. The molecule has 0 saturated heterocycles. The molecule has 7 heteroatoms. The lowest BCUT2D eigenvalue weighted by Crippen LogP contribution is -2.49. The molecule has 216 valence electrons. The van der Waals surface area contributed by atoms with E-state index in [2.05, 4.69) is 42.5 Å². The summed E-state index contributed by atoms with van der Waals surface area (Å²) in [4.78, 5) is 31.2. The molecule has 1 aliphatic carbocycles. The first-order valence-corrected chi connectivity index (χ1v) is 15.5. The quantitative estimate of drug-likeness (QED) is 0.217. The van der Waals surface area contributed by atoms with Gasteiger partial charge in [-0.05, 0) is 95.9 Å². The van der Waals surface area contributed by atoms with Gasteiger partial charge in [-0.1, -0.05) is 49.6 Å². The lowest BCUT2D eigenvalue weighted by atomic mass is 9.94. The fourth-order valence-electron chi connectivity index (χ4n) is 4.84. The van der Waals surface area contributed by atoms with Crippen LogP contribution in [-0.4, -0.2) is 64.6 Å². The Morgan fingerprint density at radius 3 is 2.10 bits per heavy atom. The molecule has 0 N–H and O–H groups in total. The van der Waals surface area contributed by atoms with Crippen LogP contribution in [-0.2, 0) is 9.47 Å². The van der Waals surface area contributed by atoms with Gasteiger partial charge in [0.05, 0.1) is 0 Å². The Labute approximate surface area is 239 Å². The molecule has 0 heterocycles. The molecule has 2 aromatic carbocycles. The minimum Gasteiger partial charge on any atom is -0.444 e. The maximum absolute atomic E-state index is 13.2. The largest absolute Gasteiger partial charge is 0.444 e. The van der Waals surface area contributed by atoms with E-state index in [4.69, 9.17) is 9.47 Å². The van der Waals surface area contributed by atoms with E-state index < -0.39 is 11.2 Å². The number of rotatable bonds is 10. The van der Waals surface area contributed by atoms with E-state index in [0.717, 1.165) is 44.3 Å². The number of carbonyl (C=O) groups excluding carboxylic acids is 2. The normalized spacial score (nSPS) is 14.7. The zero-order valence-electron chi connectivity index (χ0n) is 24.8. The van der Waals surface area contributed by atoms with Gasteiger partial charge in [0.2, 0.25) is 0 Å². The highest BCUT2D eigenvalue weighted by Gasteiger charge is 2.31. The fraction of sp³-hybridized carbons (Fsp3) is 0.625. The van der Waals surface area contributed by atoms with Crippen LogP contribution in [0.3, 0.4) is 0 Å². The third-order valence-electron chi connectivity index (χ3n) is 6.72. The zero-order chi connectivity index (χ0) is 28.5. The van der Waals surface area contributed by atoms with Crippen LogP contribution in [0.2, 0.25) is 0 Å². The summed E-state index contributed by atoms with van der Waals surface area (Å²) in [6.07, 6.45) is 6.66. The second-order valence-electron chi connectivity index (χ2n) is 12.5. The van der Waals surface area contributed by atoms with Crippen LogP contribution in [0.1, 0.15) is 86.5 Å². The van der Waals surface area contributed by atoms with Gasteiger partial charge in [0.25, 0.3) is 0 Å². The van der Waals surface area contributed by atoms with Gasteiger partial charge in [-0.3, -0.25) is 0 Å². The van der Waals surface area contributed by atoms with E-state index in [-0.39, 0.29) is 18.2 Å². The number of nitrogens with zero attached hydrogens (tertiary/aromatic N) is 2. The molecular weight excluding hydrogens is 508 g/mol. The van der Waals surface area contributed by atoms with Crippen molar-refractivity contribution in [3.63, 3.8) is 0 Å². The average Bonchev–Trinajstić information content (AvgIpc) is 2.86. The molecule has 0 aromatic heterocycles. The van der Waals surface area contributed by atoms with Gasteiger partial charge in [-0.2, -0.15) is 0 Å². The van der Waals surface area contributed by atoms with E-state index in [9.17, 15) is 9.59 Å². The summed E-state index contributed by atoms with van der Waals surface area (Å²) in [5, 5.41) is 2.51. The van der Waals surface area contributed by atoms with Crippen molar-refractivity contribution in [3.05, 3.63) is 42.5 Å². The highest BCUT2D eigenvalue weighted by Crippen LogP contribution is 2.26. The Kier molecular flexibility index (Phi) is 11.4. The van der Waals surface area contributed by atoms with Crippen LogP contribution < -0.4 is 0 Å². The van der Waals surface area contributed by atoms with Crippen molar-refractivity contribution < 1.29 is 19.1 Å². The number of hydrogen-bond donors (Lipinski definition) is 0. The highest BCUT2D eigenvalue weighted by atomic mass is 32.2. The van der Waals surface area contributed by atoms with E-state index in [0.29, 0.717) is 19.6 Å². The maximum Gasteiger partial charge on any atom is 0.410 e. The molecule has 1 saturated carbocycles. The number of fused-ring (bicyclic) bond motifs is 1. The van der Waals surface area contributed by atoms with Crippen LogP contribution in [0, 0.1) is 0 Å². The molecule has 2 aromatic rings. The van der Waals surface area contributed by atoms with E-state index in [1.807, 2.05) is 58.2 Å². The lowest BCUT2D eigenvalue weighted by molar-refractivity contribution is 0.00368. The van der Waals surface area contributed by atoms with Gasteiger partial charge in [0, 0.05) is 30.6 Å². The van der Waals surface area contributed by atoms with Crippen molar-refractivity contribution in [2.75, 3.05) is 25.4 Å². The molecule has 1 aliphatic rings. The number of hydrogen-bond acceptors (Lipinski definition) is 5. The Morgan fingerprint density at radius 2 is 1.44 bits per heavy atom. The zero-order valence-corrected chi connectivity index (χ0v) is 25.6. The minimum atomic E-state index is -0.574. The summed E-state index contributed by atoms with van der Waals surface area (Å²) in [6, 6.07) is 15.2. The van der Waals surface area contributed by atoms with Crippen LogP contribution >= 0.6 is 11.8 Å². The third kappa shape index (κ3) is 10.9. The first-order valence-electron chi connectivity index (χ1n) is 14.5. The molecule has 1 fully saturated rings. The van der Waals surface area contributed by atoms with Crippen molar-refractivity contribution in [2.24, 2.45) is 0 Å². The smallest absolute Gasteiger partial charge is 0.410 e. The van der Waals surface area contributed by atoms with Gasteiger partial charge < -0.3 is 19.3 Å². The van der Waals surface area contributed by atoms with E-state index in [1.165, 1.54) is 22.1 Å². The van der Waals surface area contributed by atoms with E-state index in [1.54, 1.807) is 4.90 Å². The number of ether oxygens (including phenoxy) is 2. The second-order valence-corrected chi connectivity index (χ2v) is 13.7. The SMILES string of the molecule is CC(C)(C)OC(=O)N(CCCCSc1ccc2ccccc2c1)CCN(C(=O)OC(C)(C)C)C1CCCCC1. The Bertz CT molecular complexity index is 1070. The van der Waals surface area contributed by atoms with Gasteiger partial charge in [0.1, 0.15) is 11.2 Å². The van der Waals surface area contributed by atoms with Crippen molar-refractivity contribution in [1.29, 1.82) is 0 Å². The molecule has 0 spiro atoms. The second kappa shape index (κ2) is 14.3. The Hall–Kier alpha value is -2.41. The molecule has 0 bridgehead atoms. The maximum atomic E-state index is 13.2. The highest BCUT2D eigenvalue weighted by molar-refractivity contribution is 7.99. The molecule has 39 heavy (non-hydrogen) atoms. The molecule has 3 rings (SSSR count). The first-order chi connectivity index (χ1) is 18.4. The summed E-state index contributed by atoms with van der Waals surface area (Å²) in [6.45, 7) is 12.8. The molecule has 2 amide bonds. The number of carbonyl (C=O) groups is 2.